The van der Waals surface area contributed by atoms with Crippen molar-refractivity contribution in [1.29, 1.82) is 0 Å². The second-order valence-corrected chi connectivity index (χ2v) is 10.8. The van der Waals surface area contributed by atoms with Crippen LogP contribution in [-0.4, -0.2) is 42.9 Å². The normalized spacial score (nSPS) is 27.4. The number of aromatic nitrogens is 1. The summed E-state index contributed by atoms with van der Waals surface area (Å²) in [6.45, 7) is 0. The highest BCUT2D eigenvalue weighted by atomic mass is 32.2. The van der Waals surface area contributed by atoms with E-state index in [0.717, 1.165) is 35.9 Å². The first kappa shape index (κ1) is 23.4. The molecule has 0 bridgehead atoms. The number of pyridine rings is 1. The highest BCUT2D eigenvalue weighted by Gasteiger charge is 2.45. The fourth-order valence-corrected chi connectivity index (χ4v) is 6.19. The van der Waals surface area contributed by atoms with E-state index in [2.05, 4.69) is 15.0 Å². The minimum atomic E-state index is -3.38. The molecule has 0 radical (unpaired) electrons. The number of hydrogen-bond acceptors (Lipinski definition) is 4. The number of nitrogens with one attached hydrogen (secondary N) is 2. The smallest absolute Gasteiger partial charge is 0.404 e. The van der Waals surface area contributed by atoms with Crippen molar-refractivity contribution < 1.29 is 22.7 Å². The first-order valence-electron chi connectivity index (χ1n) is 11.0. The summed E-state index contributed by atoms with van der Waals surface area (Å²) >= 11 is 0. The second kappa shape index (κ2) is 9.61. The SMILES string of the molecule is CS(=O)(=O)N[C@H]1C[C@H]2CC(NC(=O)O)CC[C@H]2[C@@H]1C=Cc1ccc(-c2cccc(F)c2)cn1. The predicted molar refractivity (Wildman–Crippen MR) is 124 cm³/mol. The van der Waals surface area contributed by atoms with Gasteiger partial charge in [0.2, 0.25) is 10.0 Å². The molecule has 2 aliphatic carbocycles. The molecule has 2 saturated carbocycles. The highest BCUT2D eigenvalue weighted by molar-refractivity contribution is 7.88. The van der Waals surface area contributed by atoms with Gasteiger partial charge in [-0.05, 0) is 73.3 Å². The van der Waals surface area contributed by atoms with Gasteiger partial charge in [0.25, 0.3) is 0 Å². The van der Waals surface area contributed by atoms with E-state index in [9.17, 15) is 17.6 Å². The molecule has 2 aromatic rings. The number of sulfonamides is 1. The zero-order valence-corrected chi connectivity index (χ0v) is 19.1. The average molecular weight is 474 g/mol. The maximum absolute atomic E-state index is 13.5. The molecule has 176 valence electrons. The first-order chi connectivity index (χ1) is 15.7. The Hall–Kier alpha value is -2.78. The molecule has 7 nitrogen and oxygen atoms in total. The van der Waals surface area contributed by atoms with E-state index in [1.807, 2.05) is 30.4 Å². The van der Waals surface area contributed by atoms with E-state index in [-0.39, 0.29) is 35.7 Å². The maximum Gasteiger partial charge on any atom is 0.404 e. The van der Waals surface area contributed by atoms with Crippen molar-refractivity contribution in [2.75, 3.05) is 6.26 Å². The summed E-state index contributed by atoms with van der Waals surface area (Å²) in [5, 5.41) is 11.6. The van der Waals surface area contributed by atoms with Crippen LogP contribution < -0.4 is 10.0 Å². The van der Waals surface area contributed by atoms with Crippen LogP contribution in [0.1, 0.15) is 31.4 Å². The van der Waals surface area contributed by atoms with Gasteiger partial charge in [-0.1, -0.05) is 24.3 Å². The van der Waals surface area contributed by atoms with Gasteiger partial charge in [-0.15, -0.1) is 0 Å². The lowest BCUT2D eigenvalue weighted by Gasteiger charge is -2.33. The fraction of sp³-hybridized carbons (Fsp3) is 0.417. The van der Waals surface area contributed by atoms with Crippen LogP contribution in [0.3, 0.4) is 0 Å². The van der Waals surface area contributed by atoms with Crippen LogP contribution in [0.15, 0.2) is 48.7 Å². The zero-order valence-electron chi connectivity index (χ0n) is 18.3. The molecule has 5 atom stereocenters. The van der Waals surface area contributed by atoms with Gasteiger partial charge in [0, 0.05) is 23.8 Å². The number of carbonyl (C=O) groups is 1. The summed E-state index contributed by atoms with van der Waals surface area (Å²) in [6, 6.07) is 9.75. The molecule has 1 heterocycles. The van der Waals surface area contributed by atoms with Crippen molar-refractivity contribution in [1.82, 2.24) is 15.0 Å². The number of nitrogens with zero attached hydrogens (tertiary/aromatic N) is 1. The zero-order chi connectivity index (χ0) is 23.6. The lowest BCUT2D eigenvalue weighted by molar-refractivity contribution is 0.168. The molecule has 2 aliphatic rings. The van der Waals surface area contributed by atoms with E-state index < -0.39 is 16.1 Å². The van der Waals surface area contributed by atoms with Gasteiger partial charge in [-0.2, -0.15) is 0 Å². The Kier molecular flexibility index (Phi) is 6.81. The number of carboxylic acid groups (broad SMARTS) is 1. The monoisotopic (exact) mass is 473 g/mol. The Morgan fingerprint density at radius 1 is 1.18 bits per heavy atom. The lowest BCUT2D eigenvalue weighted by Crippen LogP contribution is -2.40. The molecule has 1 aromatic carbocycles. The fourth-order valence-electron chi connectivity index (χ4n) is 5.38. The number of benzene rings is 1. The molecule has 9 heteroatoms. The summed E-state index contributed by atoms with van der Waals surface area (Å²) in [5.41, 5.74) is 2.30. The van der Waals surface area contributed by atoms with Gasteiger partial charge in [-0.3, -0.25) is 4.98 Å². The summed E-state index contributed by atoms with van der Waals surface area (Å²) in [6.07, 6.45) is 8.73. The molecule has 0 saturated heterocycles. The molecule has 3 N–H and O–H groups in total. The maximum atomic E-state index is 13.5. The summed E-state index contributed by atoms with van der Waals surface area (Å²) in [7, 11) is -3.38. The Labute approximate surface area is 193 Å². The third kappa shape index (κ3) is 5.97. The molecule has 1 aromatic heterocycles. The first-order valence-corrected chi connectivity index (χ1v) is 12.9. The Morgan fingerprint density at radius 3 is 2.67 bits per heavy atom. The average Bonchev–Trinajstić information content (AvgIpc) is 3.06. The lowest BCUT2D eigenvalue weighted by atomic mass is 9.75. The van der Waals surface area contributed by atoms with Gasteiger partial charge >= 0.3 is 6.09 Å². The quantitative estimate of drug-likeness (QED) is 0.590. The highest BCUT2D eigenvalue weighted by Crippen LogP contribution is 2.47. The molecule has 1 amide bonds. The Balaban J connectivity index is 1.51. The number of fused-ring (bicyclic) bond motifs is 1. The van der Waals surface area contributed by atoms with E-state index in [1.54, 1.807) is 12.3 Å². The van der Waals surface area contributed by atoms with E-state index in [0.29, 0.717) is 12.8 Å². The molecule has 0 aliphatic heterocycles. The van der Waals surface area contributed by atoms with Crippen LogP contribution in [-0.2, 0) is 10.0 Å². The number of rotatable bonds is 6. The molecule has 0 spiro atoms. The summed E-state index contributed by atoms with van der Waals surface area (Å²) in [5.74, 6) is 0.219. The van der Waals surface area contributed by atoms with E-state index in [1.165, 1.54) is 12.1 Å². The standard InChI is InChI=1S/C24H28FN3O4S/c1-33(31,32)28-23-13-17-12-20(27-24(29)30)8-9-21(17)22(23)10-7-19-6-5-16(14-26-19)15-3-2-4-18(25)11-15/h2-7,10-11,14,17,20-23,27-28H,8-9,12-13H2,1H3,(H,29,30)/t17-,20?,21-,22+,23+/m1/s1. The van der Waals surface area contributed by atoms with Crippen molar-refractivity contribution in [3.05, 3.63) is 60.2 Å². The van der Waals surface area contributed by atoms with Crippen LogP contribution in [0.4, 0.5) is 9.18 Å². The van der Waals surface area contributed by atoms with E-state index in [4.69, 9.17) is 5.11 Å². The number of halogens is 1. The van der Waals surface area contributed by atoms with Gasteiger partial charge in [0.05, 0.1) is 11.9 Å². The molecular formula is C24H28FN3O4S. The van der Waals surface area contributed by atoms with Gasteiger partial charge in [0.1, 0.15) is 5.82 Å². The molecule has 2 fully saturated rings. The van der Waals surface area contributed by atoms with E-state index >= 15 is 0 Å². The van der Waals surface area contributed by atoms with Crippen molar-refractivity contribution in [2.45, 2.75) is 37.8 Å². The number of hydrogen-bond donors (Lipinski definition) is 3. The molecule has 4 rings (SSSR count). The van der Waals surface area contributed by atoms with Crippen LogP contribution in [0.2, 0.25) is 0 Å². The van der Waals surface area contributed by atoms with Crippen LogP contribution in [0.5, 0.6) is 0 Å². The Bertz CT molecular complexity index is 1140. The van der Waals surface area contributed by atoms with Gasteiger partial charge < -0.3 is 10.4 Å². The number of amides is 1. The second-order valence-electron chi connectivity index (χ2n) is 9.03. The minimum Gasteiger partial charge on any atom is -0.465 e. The topological polar surface area (TPSA) is 108 Å². The summed E-state index contributed by atoms with van der Waals surface area (Å²) in [4.78, 5) is 15.5. The molecule has 1 unspecified atom stereocenters. The van der Waals surface area contributed by atoms with Crippen LogP contribution in [0.25, 0.3) is 17.2 Å². The van der Waals surface area contributed by atoms with Crippen LogP contribution in [0, 0.1) is 23.6 Å². The third-order valence-electron chi connectivity index (χ3n) is 6.68. The molecular weight excluding hydrogens is 445 g/mol. The van der Waals surface area contributed by atoms with Crippen molar-refractivity contribution in [3.8, 4) is 11.1 Å². The van der Waals surface area contributed by atoms with Gasteiger partial charge in [-0.25, -0.2) is 22.3 Å². The minimum absolute atomic E-state index is 0.000184. The summed E-state index contributed by atoms with van der Waals surface area (Å²) < 4.78 is 40.2. The third-order valence-corrected chi connectivity index (χ3v) is 7.41. The molecule has 33 heavy (non-hydrogen) atoms. The van der Waals surface area contributed by atoms with Crippen LogP contribution >= 0.6 is 0 Å². The van der Waals surface area contributed by atoms with Crippen molar-refractivity contribution >= 4 is 22.2 Å². The predicted octanol–water partition coefficient (Wildman–Crippen LogP) is 3.89. The van der Waals surface area contributed by atoms with Crippen molar-refractivity contribution in [3.63, 3.8) is 0 Å². The largest absolute Gasteiger partial charge is 0.465 e. The van der Waals surface area contributed by atoms with Crippen molar-refractivity contribution in [2.24, 2.45) is 17.8 Å². The van der Waals surface area contributed by atoms with Gasteiger partial charge in [0.15, 0.2) is 0 Å². The Morgan fingerprint density at radius 2 is 2.00 bits per heavy atom.